The summed E-state index contributed by atoms with van der Waals surface area (Å²) in [5, 5.41) is 2.53. The first-order valence-electron chi connectivity index (χ1n) is 29.8. The lowest BCUT2D eigenvalue weighted by atomic mass is 9.33. The molecule has 8 aromatic carbocycles. The Hall–Kier alpha value is -6.52. The van der Waals surface area contributed by atoms with Crippen LogP contribution in [0.5, 0.6) is 0 Å². The molecule has 394 valence electrons. The maximum atomic E-state index is 2.98. The van der Waals surface area contributed by atoms with Crippen LogP contribution < -0.4 is 31.1 Å². The van der Waals surface area contributed by atoms with Crippen molar-refractivity contribution in [1.82, 2.24) is 0 Å². The Morgan fingerprint density at radius 1 is 0.397 bits per heavy atom. The minimum absolute atomic E-state index is 0.0285. The summed E-state index contributed by atoms with van der Waals surface area (Å²) in [6, 6.07) is 60.5. The molecule has 2 saturated carbocycles. The van der Waals surface area contributed by atoms with Gasteiger partial charge in [0.15, 0.2) is 0 Å². The highest BCUT2D eigenvalue weighted by molar-refractivity contribution is 7.00. The number of benzene rings is 8. The molecule has 0 spiro atoms. The average Bonchev–Trinajstić information content (AvgIpc) is 2.52. The summed E-state index contributed by atoms with van der Waals surface area (Å²) in [5.74, 6) is 0. The molecule has 0 N–H and O–H groups in total. The summed E-state index contributed by atoms with van der Waals surface area (Å²) >= 11 is 0. The molecule has 8 aromatic rings. The van der Waals surface area contributed by atoms with Gasteiger partial charge in [-0.25, -0.2) is 0 Å². The minimum atomic E-state index is -0.152. The number of anilines is 7. The van der Waals surface area contributed by atoms with E-state index in [4.69, 9.17) is 0 Å². The molecule has 4 heterocycles. The van der Waals surface area contributed by atoms with E-state index in [1.165, 1.54) is 150 Å². The molecule has 2 aliphatic carbocycles. The molecule has 0 bridgehead atoms. The van der Waals surface area contributed by atoms with Crippen LogP contribution in [0.4, 0.5) is 39.8 Å². The van der Waals surface area contributed by atoms with Crippen LogP contribution >= 0.6 is 0 Å². The van der Waals surface area contributed by atoms with Crippen molar-refractivity contribution in [3.05, 3.63) is 179 Å². The van der Waals surface area contributed by atoms with E-state index >= 15 is 0 Å². The van der Waals surface area contributed by atoms with E-state index in [1.54, 1.807) is 5.56 Å². The summed E-state index contributed by atoms with van der Waals surface area (Å²) in [5.41, 5.74) is 25.6. The summed E-state index contributed by atoms with van der Waals surface area (Å²) in [6.45, 7) is 32.2. The fraction of sp³-hybridized carbons (Fsp3) is 0.378. The standard InChI is InChI=1S/C74H80BN3/c1-68(2,3)52-30-33-61(56(41-52)51-28-27-48-25-17-18-26-49(48)39-51)76-63-34-31-53(69(4,5)6)43-59(63)75-60-44-54(70(7,8)9)42-58-67(60)78(74(13)38-22-20-36-72(58,74)11)65-46-55(45-64(76)66(65)75)77-62-32-29-50(47-23-15-14-16-24-47)40-57(62)71(10)35-19-21-37-73(71,77)12/h14-18,23-34,39-46H,19-22,35-38H2,1-13H3. The third-order valence-corrected chi connectivity index (χ3v) is 21.4. The van der Waals surface area contributed by atoms with Crippen molar-refractivity contribution in [2.45, 2.75) is 180 Å². The average molecular weight is 1020 g/mol. The van der Waals surface area contributed by atoms with Gasteiger partial charge < -0.3 is 14.7 Å². The van der Waals surface area contributed by atoms with Crippen LogP contribution in [0, 0.1) is 0 Å². The van der Waals surface area contributed by atoms with Crippen molar-refractivity contribution >= 4 is 73.7 Å². The van der Waals surface area contributed by atoms with Gasteiger partial charge in [-0.15, -0.1) is 0 Å². The van der Waals surface area contributed by atoms with Gasteiger partial charge in [0.25, 0.3) is 6.71 Å². The van der Waals surface area contributed by atoms with Gasteiger partial charge in [0, 0.05) is 50.5 Å². The topological polar surface area (TPSA) is 9.72 Å². The van der Waals surface area contributed by atoms with Crippen LogP contribution in [0.25, 0.3) is 33.0 Å². The number of nitrogens with zero attached hydrogens (tertiary/aromatic N) is 3. The third-order valence-electron chi connectivity index (χ3n) is 21.4. The van der Waals surface area contributed by atoms with Crippen LogP contribution in [-0.2, 0) is 27.1 Å². The molecular weight excluding hydrogens is 942 g/mol. The Kier molecular flexibility index (Phi) is 10.5. The number of fused-ring (bicyclic) bond motifs is 11. The van der Waals surface area contributed by atoms with Crippen LogP contribution in [0.1, 0.15) is 169 Å². The van der Waals surface area contributed by atoms with Crippen molar-refractivity contribution in [2.75, 3.05) is 14.7 Å². The first-order chi connectivity index (χ1) is 37.0. The van der Waals surface area contributed by atoms with Gasteiger partial charge in [0.05, 0.1) is 16.8 Å². The van der Waals surface area contributed by atoms with Gasteiger partial charge in [0.1, 0.15) is 0 Å². The molecule has 78 heavy (non-hydrogen) atoms. The quantitative estimate of drug-likeness (QED) is 0.163. The predicted molar refractivity (Wildman–Crippen MR) is 336 cm³/mol. The molecule has 0 amide bonds. The summed E-state index contributed by atoms with van der Waals surface area (Å²) in [7, 11) is 0. The van der Waals surface area contributed by atoms with Gasteiger partial charge in [-0.3, -0.25) is 0 Å². The highest BCUT2D eigenvalue weighted by Crippen LogP contribution is 2.65. The molecule has 4 heteroatoms. The van der Waals surface area contributed by atoms with E-state index in [1.807, 2.05) is 0 Å². The first kappa shape index (κ1) is 49.8. The highest BCUT2D eigenvalue weighted by atomic mass is 15.3. The molecule has 6 aliphatic rings. The second-order valence-corrected chi connectivity index (χ2v) is 28.8. The molecular formula is C74H80BN3. The normalized spacial score (nSPS) is 23.9. The van der Waals surface area contributed by atoms with Gasteiger partial charge in [-0.2, -0.15) is 0 Å². The molecule has 3 nitrogen and oxygen atoms in total. The van der Waals surface area contributed by atoms with Crippen molar-refractivity contribution in [3.8, 4) is 22.3 Å². The largest absolute Gasteiger partial charge is 0.335 e. The third kappa shape index (κ3) is 6.83. The highest BCUT2D eigenvalue weighted by Gasteiger charge is 2.63. The lowest BCUT2D eigenvalue weighted by molar-refractivity contribution is 0.194. The van der Waals surface area contributed by atoms with Crippen molar-refractivity contribution in [1.29, 1.82) is 0 Å². The zero-order chi connectivity index (χ0) is 54.3. The second-order valence-electron chi connectivity index (χ2n) is 28.8. The lowest BCUT2D eigenvalue weighted by Gasteiger charge is -2.54. The molecule has 4 unspecified atom stereocenters. The maximum absolute atomic E-state index is 2.98. The Morgan fingerprint density at radius 3 is 1.65 bits per heavy atom. The molecule has 14 rings (SSSR count). The van der Waals surface area contributed by atoms with Crippen LogP contribution in [-0.4, -0.2) is 17.8 Å². The summed E-state index contributed by atoms with van der Waals surface area (Å²) < 4.78 is 0. The zero-order valence-electron chi connectivity index (χ0n) is 49.0. The van der Waals surface area contributed by atoms with Gasteiger partial charge in [-0.05, 0) is 176 Å². The van der Waals surface area contributed by atoms with Crippen LogP contribution in [0.15, 0.2) is 152 Å². The number of hydrogen-bond acceptors (Lipinski definition) is 3. The van der Waals surface area contributed by atoms with Gasteiger partial charge in [-0.1, -0.05) is 205 Å². The lowest BCUT2D eigenvalue weighted by Crippen LogP contribution is -2.65. The number of hydrogen-bond donors (Lipinski definition) is 0. The van der Waals surface area contributed by atoms with Crippen molar-refractivity contribution in [2.24, 2.45) is 0 Å². The van der Waals surface area contributed by atoms with Crippen molar-refractivity contribution in [3.63, 3.8) is 0 Å². The fourth-order valence-corrected chi connectivity index (χ4v) is 16.4. The van der Waals surface area contributed by atoms with Crippen LogP contribution in [0.3, 0.4) is 0 Å². The predicted octanol–water partition coefficient (Wildman–Crippen LogP) is 18.2. The van der Waals surface area contributed by atoms with Gasteiger partial charge >= 0.3 is 0 Å². The monoisotopic (exact) mass is 1020 g/mol. The van der Waals surface area contributed by atoms with Crippen molar-refractivity contribution < 1.29 is 0 Å². The molecule has 4 atom stereocenters. The van der Waals surface area contributed by atoms with E-state index < -0.39 is 0 Å². The minimum Gasteiger partial charge on any atom is -0.335 e. The van der Waals surface area contributed by atoms with E-state index in [-0.39, 0.29) is 44.9 Å². The Morgan fingerprint density at radius 2 is 0.962 bits per heavy atom. The summed E-state index contributed by atoms with van der Waals surface area (Å²) in [6.07, 6.45) is 9.63. The van der Waals surface area contributed by atoms with E-state index in [9.17, 15) is 0 Å². The van der Waals surface area contributed by atoms with E-state index in [0.29, 0.717) is 0 Å². The molecule has 4 aliphatic heterocycles. The molecule has 0 saturated heterocycles. The van der Waals surface area contributed by atoms with E-state index in [2.05, 4.69) is 256 Å². The SMILES string of the molecule is CC(C)(C)c1ccc2c(c1)B1c3cc(C(C)(C)C)cc4c3N(c3cc(N5c6ccc(-c7ccccc7)cc6C6(C)CCCCC56C)cc(c31)N2c1ccc(C(C)(C)C)cc1-c1ccc2ccccc2c1)C1(C)CCCCC41C. The fourth-order valence-electron chi connectivity index (χ4n) is 16.4. The molecule has 0 aromatic heterocycles. The smallest absolute Gasteiger partial charge is 0.252 e. The maximum Gasteiger partial charge on any atom is 0.252 e. The Bertz CT molecular complexity index is 3810. The molecule has 0 radical (unpaired) electrons. The summed E-state index contributed by atoms with van der Waals surface area (Å²) in [4.78, 5) is 8.61. The van der Waals surface area contributed by atoms with E-state index in [0.717, 1.165) is 12.8 Å². The Balaban J connectivity index is 1.12. The number of rotatable bonds is 4. The second kappa shape index (κ2) is 16.5. The Labute approximate surface area is 467 Å². The van der Waals surface area contributed by atoms with Gasteiger partial charge in [0.2, 0.25) is 0 Å². The zero-order valence-corrected chi connectivity index (χ0v) is 49.0. The first-order valence-corrected chi connectivity index (χ1v) is 29.8. The molecule has 2 fully saturated rings. The van der Waals surface area contributed by atoms with Crippen LogP contribution in [0.2, 0.25) is 0 Å².